The van der Waals surface area contributed by atoms with E-state index in [1.54, 1.807) is 11.3 Å². The maximum Gasteiger partial charge on any atom is 0.0629 e. The molecule has 2 heterocycles. The third-order valence-corrected chi connectivity index (χ3v) is 4.61. The predicted molar refractivity (Wildman–Crippen MR) is 72.5 cm³/mol. The van der Waals surface area contributed by atoms with Gasteiger partial charge in [0.1, 0.15) is 0 Å². The van der Waals surface area contributed by atoms with Crippen molar-refractivity contribution in [2.45, 2.75) is 18.9 Å². The first-order valence-electron chi connectivity index (χ1n) is 6.21. The Balaban J connectivity index is 2.00. The third kappa shape index (κ3) is 1.99. The highest BCUT2D eigenvalue weighted by Crippen LogP contribution is 2.34. The average Bonchev–Trinajstić information content (AvgIpc) is 3.01. The van der Waals surface area contributed by atoms with E-state index < -0.39 is 0 Å². The monoisotopic (exact) mass is 247 g/mol. The Morgan fingerprint density at radius 2 is 2.00 bits per heavy atom. The smallest absolute Gasteiger partial charge is 0.0629 e. The van der Waals surface area contributed by atoms with Crippen LogP contribution in [0, 0.1) is 0 Å². The zero-order chi connectivity index (χ0) is 11.7. The van der Waals surface area contributed by atoms with Gasteiger partial charge in [0.25, 0.3) is 0 Å². The van der Waals surface area contributed by atoms with Crippen LogP contribution in [-0.2, 0) is 0 Å². The van der Waals surface area contributed by atoms with Crippen LogP contribution >= 0.6 is 11.3 Å². The van der Waals surface area contributed by atoms with Gasteiger partial charge in [-0.25, -0.2) is 0 Å². The second-order valence-corrected chi connectivity index (χ2v) is 5.54. The van der Waals surface area contributed by atoms with Crippen molar-refractivity contribution in [3.05, 3.63) is 35.2 Å². The fourth-order valence-corrected chi connectivity index (χ4v) is 3.73. The van der Waals surface area contributed by atoms with Crippen molar-refractivity contribution < 1.29 is 5.11 Å². The molecule has 90 valence electrons. The van der Waals surface area contributed by atoms with Crippen molar-refractivity contribution in [3.63, 3.8) is 0 Å². The molecule has 0 bridgehead atoms. The van der Waals surface area contributed by atoms with E-state index in [0.717, 1.165) is 13.1 Å². The molecule has 1 aromatic carbocycles. The minimum Gasteiger partial charge on any atom is -0.394 e. The molecular weight excluding hydrogens is 230 g/mol. The molecule has 1 fully saturated rings. The molecule has 17 heavy (non-hydrogen) atoms. The van der Waals surface area contributed by atoms with Crippen molar-refractivity contribution in [1.82, 2.24) is 4.90 Å². The minimum absolute atomic E-state index is 0.189. The van der Waals surface area contributed by atoms with Crippen molar-refractivity contribution >= 4 is 21.4 Å². The van der Waals surface area contributed by atoms with Gasteiger partial charge >= 0.3 is 0 Å². The van der Waals surface area contributed by atoms with Gasteiger partial charge < -0.3 is 5.11 Å². The summed E-state index contributed by atoms with van der Waals surface area (Å²) in [5.41, 5.74) is 1.30. The number of aliphatic hydroxyl groups is 1. The maximum atomic E-state index is 9.68. The maximum absolute atomic E-state index is 9.68. The van der Waals surface area contributed by atoms with Crippen LogP contribution in [0.25, 0.3) is 10.1 Å². The van der Waals surface area contributed by atoms with E-state index in [1.165, 1.54) is 28.5 Å². The fraction of sp³-hybridized carbons (Fsp3) is 0.429. The van der Waals surface area contributed by atoms with Gasteiger partial charge in [0.15, 0.2) is 0 Å². The highest BCUT2D eigenvalue weighted by Gasteiger charge is 2.24. The van der Waals surface area contributed by atoms with E-state index >= 15 is 0 Å². The molecule has 0 aliphatic carbocycles. The van der Waals surface area contributed by atoms with Gasteiger partial charge in [-0.05, 0) is 48.3 Å². The fourth-order valence-electron chi connectivity index (χ4n) is 2.72. The predicted octanol–water partition coefficient (Wildman–Crippen LogP) is 3.03. The van der Waals surface area contributed by atoms with E-state index in [-0.39, 0.29) is 12.6 Å². The van der Waals surface area contributed by atoms with Crippen LogP contribution in [0.5, 0.6) is 0 Å². The Hall–Kier alpha value is -0.900. The topological polar surface area (TPSA) is 23.5 Å². The van der Waals surface area contributed by atoms with Gasteiger partial charge in [-0.3, -0.25) is 4.90 Å². The number of hydrogen-bond donors (Lipinski definition) is 1. The molecule has 0 amide bonds. The molecule has 0 spiro atoms. The van der Waals surface area contributed by atoms with Crippen LogP contribution in [0.15, 0.2) is 29.6 Å². The first kappa shape index (κ1) is 11.2. The number of aliphatic hydroxyl groups excluding tert-OH is 1. The summed E-state index contributed by atoms with van der Waals surface area (Å²) in [6, 6.07) is 8.67. The lowest BCUT2D eigenvalue weighted by Gasteiger charge is -2.25. The molecule has 2 aromatic rings. The van der Waals surface area contributed by atoms with Gasteiger partial charge in [-0.15, -0.1) is 11.3 Å². The number of fused-ring (bicyclic) bond motifs is 1. The Morgan fingerprint density at radius 1 is 1.24 bits per heavy atom. The summed E-state index contributed by atoms with van der Waals surface area (Å²) in [4.78, 5) is 2.41. The summed E-state index contributed by atoms with van der Waals surface area (Å²) < 4.78 is 1.32. The Bertz CT molecular complexity index is 502. The molecular formula is C14H17NOS. The number of hydrogen-bond acceptors (Lipinski definition) is 3. The molecule has 3 heteroatoms. The van der Waals surface area contributed by atoms with Crippen LogP contribution in [0.3, 0.4) is 0 Å². The molecule has 1 N–H and O–H groups in total. The summed E-state index contributed by atoms with van der Waals surface area (Å²) in [6.07, 6.45) is 2.52. The van der Waals surface area contributed by atoms with Crippen LogP contribution in [0.4, 0.5) is 0 Å². The first-order valence-corrected chi connectivity index (χ1v) is 7.09. The van der Waals surface area contributed by atoms with Gasteiger partial charge in [0.05, 0.1) is 12.6 Å². The third-order valence-electron chi connectivity index (χ3n) is 3.62. The van der Waals surface area contributed by atoms with Crippen LogP contribution < -0.4 is 0 Å². The van der Waals surface area contributed by atoms with E-state index in [4.69, 9.17) is 0 Å². The molecule has 1 atom stereocenters. The normalized spacial score (nSPS) is 18.9. The second-order valence-electron chi connectivity index (χ2n) is 4.63. The Labute approximate surface area is 105 Å². The summed E-state index contributed by atoms with van der Waals surface area (Å²) in [5, 5.41) is 13.2. The summed E-state index contributed by atoms with van der Waals surface area (Å²) in [6.45, 7) is 2.46. The highest BCUT2D eigenvalue weighted by atomic mass is 32.1. The summed E-state index contributed by atoms with van der Waals surface area (Å²) >= 11 is 1.78. The number of benzene rings is 1. The summed E-state index contributed by atoms with van der Waals surface area (Å²) in [7, 11) is 0. The SMILES string of the molecule is OCC(c1csc2ccccc12)N1CCCC1. The summed E-state index contributed by atoms with van der Waals surface area (Å²) in [5.74, 6) is 0. The highest BCUT2D eigenvalue weighted by molar-refractivity contribution is 7.17. The lowest BCUT2D eigenvalue weighted by atomic mass is 10.1. The zero-order valence-corrected chi connectivity index (χ0v) is 10.6. The van der Waals surface area contributed by atoms with Crippen molar-refractivity contribution in [2.75, 3.05) is 19.7 Å². The molecule has 0 radical (unpaired) electrons. The second kappa shape index (κ2) is 4.77. The van der Waals surface area contributed by atoms with Gasteiger partial charge in [-0.1, -0.05) is 18.2 Å². The van der Waals surface area contributed by atoms with Crippen molar-refractivity contribution in [3.8, 4) is 0 Å². The quantitative estimate of drug-likeness (QED) is 0.901. The lowest BCUT2D eigenvalue weighted by molar-refractivity contribution is 0.148. The Morgan fingerprint density at radius 3 is 2.76 bits per heavy atom. The molecule has 0 saturated carbocycles. The molecule has 1 aliphatic rings. The largest absolute Gasteiger partial charge is 0.394 e. The first-order chi connectivity index (χ1) is 8.40. The van der Waals surface area contributed by atoms with Gasteiger partial charge in [0, 0.05) is 4.70 Å². The van der Waals surface area contributed by atoms with Crippen LogP contribution in [0.2, 0.25) is 0 Å². The molecule has 3 rings (SSSR count). The minimum atomic E-state index is 0.189. The number of thiophene rings is 1. The molecule has 2 nitrogen and oxygen atoms in total. The lowest BCUT2D eigenvalue weighted by Crippen LogP contribution is -2.28. The number of nitrogens with zero attached hydrogens (tertiary/aromatic N) is 1. The van der Waals surface area contributed by atoms with Crippen LogP contribution in [0.1, 0.15) is 24.4 Å². The standard InChI is InChI=1S/C14H17NOS/c16-9-13(15-7-3-4-8-15)12-10-17-14-6-2-1-5-11(12)14/h1-2,5-6,10,13,16H,3-4,7-9H2. The van der Waals surface area contributed by atoms with Gasteiger partial charge in [0.2, 0.25) is 0 Å². The number of likely N-dealkylation sites (tertiary alicyclic amines) is 1. The molecule has 1 unspecified atom stereocenters. The van der Waals surface area contributed by atoms with Crippen LogP contribution in [-0.4, -0.2) is 29.7 Å². The van der Waals surface area contributed by atoms with E-state index in [0.29, 0.717) is 0 Å². The van der Waals surface area contributed by atoms with E-state index in [2.05, 4.69) is 34.5 Å². The zero-order valence-electron chi connectivity index (χ0n) is 9.80. The van der Waals surface area contributed by atoms with Crippen molar-refractivity contribution in [2.24, 2.45) is 0 Å². The molecule has 1 aliphatic heterocycles. The molecule has 1 aromatic heterocycles. The van der Waals surface area contributed by atoms with Crippen molar-refractivity contribution in [1.29, 1.82) is 0 Å². The number of rotatable bonds is 3. The Kier molecular flexibility index (Phi) is 3.14. The average molecular weight is 247 g/mol. The van der Waals surface area contributed by atoms with E-state index in [1.807, 2.05) is 0 Å². The molecule has 1 saturated heterocycles. The van der Waals surface area contributed by atoms with E-state index in [9.17, 15) is 5.11 Å². The van der Waals surface area contributed by atoms with Gasteiger partial charge in [-0.2, -0.15) is 0 Å².